The second kappa shape index (κ2) is 4.45. The third kappa shape index (κ3) is 1.84. The monoisotopic (exact) mass is 233 g/mol. The molecule has 1 aliphatic rings. The maximum Gasteiger partial charge on any atom is 0.322 e. The van der Waals surface area contributed by atoms with Gasteiger partial charge in [-0.3, -0.25) is 9.69 Å². The Morgan fingerprint density at radius 1 is 1.24 bits per heavy atom. The standard InChI is InChI=1S/C12H15N3O2/c1-13-11(16)10-7-8-5-3-4-6-9(8)15(10)12(17)14-2/h3-6,10H,7H2,1-2H3,(H,13,16)(H,14,17)/t10-/m1/s1. The highest BCUT2D eigenvalue weighted by Gasteiger charge is 2.37. The van der Waals surface area contributed by atoms with E-state index in [4.69, 9.17) is 0 Å². The average Bonchev–Trinajstić information content (AvgIpc) is 2.76. The molecule has 0 saturated heterocycles. The first-order chi connectivity index (χ1) is 8.19. The minimum atomic E-state index is -0.461. The van der Waals surface area contributed by atoms with E-state index in [0.717, 1.165) is 11.3 Å². The molecule has 0 saturated carbocycles. The average molecular weight is 233 g/mol. The summed E-state index contributed by atoms with van der Waals surface area (Å²) in [6, 6.07) is 6.84. The molecule has 0 aliphatic carbocycles. The van der Waals surface area contributed by atoms with Gasteiger partial charge in [-0.05, 0) is 11.6 Å². The lowest BCUT2D eigenvalue weighted by atomic mass is 10.1. The van der Waals surface area contributed by atoms with E-state index in [0.29, 0.717) is 6.42 Å². The van der Waals surface area contributed by atoms with Crippen LogP contribution in [0.3, 0.4) is 0 Å². The van der Waals surface area contributed by atoms with Gasteiger partial charge in [0.2, 0.25) is 5.91 Å². The molecule has 1 heterocycles. The fraction of sp³-hybridized carbons (Fsp3) is 0.333. The van der Waals surface area contributed by atoms with E-state index in [2.05, 4.69) is 10.6 Å². The predicted molar refractivity (Wildman–Crippen MR) is 64.9 cm³/mol. The normalized spacial score (nSPS) is 17.5. The molecule has 0 unspecified atom stereocenters. The number of carbonyl (C=O) groups excluding carboxylic acids is 2. The van der Waals surface area contributed by atoms with Crippen LogP contribution < -0.4 is 15.5 Å². The van der Waals surface area contributed by atoms with Gasteiger partial charge in [0.05, 0.1) is 0 Å². The van der Waals surface area contributed by atoms with Crippen LogP contribution in [0.2, 0.25) is 0 Å². The van der Waals surface area contributed by atoms with E-state index in [1.54, 1.807) is 14.1 Å². The second-order valence-corrected chi connectivity index (χ2v) is 3.89. The van der Waals surface area contributed by atoms with Crippen LogP contribution in [0.5, 0.6) is 0 Å². The maximum atomic E-state index is 11.8. The van der Waals surface area contributed by atoms with E-state index < -0.39 is 6.04 Å². The summed E-state index contributed by atoms with van der Waals surface area (Å²) in [5.74, 6) is -0.148. The molecule has 5 heteroatoms. The molecule has 17 heavy (non-hydrogen) atoms. The van der Waals surface area contributed by atoms with Crippen LogP contribution >= 0.6 is 0 Å². The van der Waals surface area contributed by atoms with Gasteiger partial charge in [-0.2, -0.15) is 0 Å². The number of rotatable bonds is 1. The van der Waals surface area contributed by atoms with Gasteiger partial charge in [-0.25, -0.2) is 4.79 Å². The number of nitrogens with zero attached hydrogens (tertiary/aromatic N) is 1. The van der Waals surface area contributed by atoms with Gasteiger partial charge in [0, 0.05) is 26.2 Å². The van der Waals surface area contributed by atoms with Crippen LogP contribution in [0.15, 0.2) is 24.3 Å². The molecule has 90 valence electrons. The Labute approximate surface area is 99.8 Å². The molecule has 2 rings (SSSR count). The molecule has 0 aromatic heterocycles. The van der Waals surface area contributed by atoms with Crippen LogP contribution in [0.1, 0.15) is 5.56 Å². The first-order valence-corrected chi connectivity index (χ1v) is 5.49. The number of urea groups is 1. The molecule has 1 aromatic rings. The van der Waals surface area contributed by atoms with Crippen LogP contribution in [0.25, 0.3) is 0 Å². The van der Waals surface area contributed by atoms with Gasteiger partial charge in [0.25, 0.3) is 0 Å². The van der Waals surface area contributed by atoms with Crippen molar-refractivity contribution < 1.29 is 9.59 Å². The Balaban J connectivity index is 2.40. The zero-order chi connectivity index (χ0) is 12.4. The lowest BCUT2D eigenvalue weighted by molar-refractivity contribution is -0.121. The van der Waals surface area contributed by atoms with Crippen molar-refractivity contribution in [2.75, 3.05) is 19.0 Å². The molecular weight excluding hydrogens is 218 g/mol. The molecule has 0 spiro atoms. The Morgan fingerprint density at radius 3 is 2.59 bits per heavy atom. The fourth-order valence-electron chi connectivity index (χ4n) is 2.13. The molecule has 1 aromatic carbocycles. The van der Waals surface area contributed by atoms with E-state index in [1.807, 2.05) is 24.3 Å². The molecule has 0 fully saturated rings. The number of likely N-dealkylation sites (N-methyl/N-ethyl adjacent to an activating group) is 1. The summed E-state index contributed by atoms with van der Waals surface area (Å²) in [4.78, 5) is 25.1. The Hall–Kier alpha value is -2.04. The number of carbonyl (C=O) groups is 2. The minimum absolute atomic E-state index is 0.148. The number of benzene rings is 1. The van der Waals surface area contributed by atoms with Crippen molar-refractivity contribution in [2.24, 2.45) is 0 Å². The SMILES string of the molecule is CNC(=O)[C@H]1Cc2ccccc2N1C(=O)NC. The molecule has 1 aliphatic heterocycles. The molecule has 0 bridgehead atoms. The smallest absolute Gasteiger partial charge is 0.322 e. The summed E-state index contributed by atoms with van der Waals surface area (Å²) >= 11 is 0. The number of amides is 3. The van der Waals surface area contributed by atoms with Crippen molar-refractivity contribution in [1.82, 2.24) is 10.6 Å². The molecule has 5 nitrogen and oxygen atoms in total. The fourth-order valence-corrected chi connectivity index (χ4v) is 2.13. The molecule has 3 amide bonds. The summed E-state index contributed by atoms with van der Waals surface area (Å²) in [7, 11) is 3.14. The lowest BCUT2D eigenvalue weighted by Crippen LogP contribution is -2.50. The Kier molecular flexibility index (Phi) is 2.99. The zero-order valence-electron chi connectivity index (χ0n) is 9.86. The first-order valence-electron chi connectivity index (χ1n) is 5.49. The summed E-state index contributed by atoms with van der Waals surface area (Å²) in [6.45, 7) is 0. The van der Waals surface area contributed by atoms with Crippen LogP contribution in [-0.4, -0.2) is 32.1 Å². The number of hydrogen-bond donors (Lipinski definition) is 2. The summed E-state index contributed by atoms with van der Waals surface area (Å²) in [6.07, 6.45) is 0.559. The van der Waals surface area contributed by atoms with Crippen LogP contribution in [0, 0.1) is 0 Å². The summed E-state index contributed by atoms with van der Waals surface area (Å²) in [5, 5.41) is 5.15. The van der Waals surface area contributed by atoms with Crippen molar-refractivity contribution in [3.63, 3.8) is 0 Å². The van der Waals surface area contributed by atoms with Crippen molar-refractivity contribution in [3.05, 3.63) is 29.8 Å². The Morgan fingerprint density at radius 2 is 1.94 bits per heavy atom. The van der Waals surface area contributed by atoms with Gasteiger partial charge in [0.1, 0.15) is 6.04 Å². The lowest BCUT2D eigenvalue weighted by Gasteiger charge is -2.23. The molecular formula is C12H15N3O2. The number of para-hydroxylation sites is 1. The van der Waals surface area contributed by atoms with Crippen LogP contribution in [0.4, 0.5) is 10.5 Å². The number of fused-ring (bicyclic) bond motifs is 1. The van der Waals surface area contributed by atoms with Crippen LogP contribution in [-0.2, 0) is 11.2 Å². The Bertz CT molecular complexity index is 459. The predicted octanol–water partition coefficient (Wildman–Crippen LogP) is 0.503. The topological polar surface area (TPSA) is 61.4 Å². The third-order valence-corrected chi connectivity index (χ3v) is 2.96. The highest BCUT2D eigenvalue weighted by Crippen LogP contribution is 2.31. The van der Waals surface area contributed by atoms with E-state index in [-0.39, 0.29) is 11.9 Å². The third-order valence-electron chi connectivity index (χ3n) is 2.96. The highest BCUT2D eigenvalue weighted by molar-refractivity contribution is 6.02. The van der Waals surface area contributed by atoms with E-state index in [9.17, 15) is 9.59 Å². The quantitative estimate of drug-likeness (QED) is 0.742. The second-order valence-electron chi connectivity index (χ2n) is 3.89. The van der Waals surface area contributed by atoms with E-state index >= 15 is 0 Å². The molecule has 0 radical (unpaired) electrons. The van der Waals surface area contributed by atoms with Crippen molar-refractivity contribution >= 4 is 17.6 Å². The number of anilines is 1. The van der Waals surface area contributed by atoms with Crippen molar-refractivity contribution in [2.45, 2.75) is 12.5 Å². The maximum absolute atomic E-state index is 11.8. The van der Waals surface area contributed by atoms with Gasteiger partial charge < -0.3 is 10.6 Å². The number of hydrogen-bond acceptors (Lipinski definition) is 2. The summed E-state index contributed by atoms with van der Waals surface area (Å²) in [5.41, 5.74) is 1.82. The highest BCUT2D eigenvalue weighted by atomic mass is 16.2. The van der Waals surface area contributed by atoms with Gasteiger partial charge in [0.15, 0.2) is 0 Å². The molecule has 2 N–H and O–H groups in total. The van der Waals surface area contributed by atoms with Gasteiger partial charge in [-0.1, -0.05) is 18.2 Å². The first kappa shape index (κ1) is 11.4. The largest absolute Gasteiger partial charge is 0.357 e. The van der Waals surface area contributed by atoms with Crippen molar-refractivity contribution in [3.8, 4) is 0 Å². The van der Waals surface area contributed by atoms with Gasteiger partial charge in [-0.15, -0.1) is 0 Å². The summed E-state index contributed by atoms with van der Waals surface area (Å²) < 4.78 is 0. The van der Waals surface area contributed by atoms with Gasteiger partial charge >= 0.3 is 6.03 Å². The number of nitrogens with one attached hydrogen (secondary N) is 2. The van der Waals surface area contributed by atoms with E-state index in [1.165, 1.54) is 4.90 Å². The minimum Gasteiger partial charge on any atom is -0.357 e. The molecule has 1 atom stereocenters. The zero-order valence-corrected chi connectivity index (χ0v) is 9.86. The van der Waals surface area contributed by atoms with Crippen molar-refractivity contribution in [1.29, 1.82) is 0 Å².